The van der Waals surface area contributed by atoms with Crippen LogP contribution in [0.15, 0.2) is 24.3 Å². The van der Waals surface area contributed by atoms with Crippen LogP contribution in [0.4, 0.5) is 16.2 Å². The predicted octanol–water partition coefficient (Wildman–Crippen LogP) is 1.88. The highest BCUT2D eigenvalue weighted by Crippen LogP contribution is 2.23. The lowest BCUT2D eigenvalue weighted by atomic mass is 10.1. The second-order valence-electron chi connectivity index (χ2n) is 4.41. The van der Waals surface area contributed by atoms with Gasteiger partial charge in [0.15, 0.2) is 0 Å². The van der Waals surface area contributed by atoms with Crippen molar-refractivity contribution in [2.75, 3.05) is 10.6 Å². The van der Waals surface area contributed by atoms with Crippen molar-refractivity contribution >= 4 is 23.3 Å². The molecule has 0 bridgehead atoms. The molecule has 1 fully saturated rings. The minimum Gasteiger partial charge on any atom is -0.399 e. The molecular weight excluding hydrogens is 230 g/mol. The third kappa shape index (κ3) is 2.30. The monoisotopic (exact) mass is 247 g/mol. The van der Waals surface area contributed by atoms with Crippen LogP contribution in [0.2, 0.25) is 0 Å². The highest BCUT2D eigenvalue weighted by atomic mass is 16.2. The van der Waals surface area contributed by atoms with E-state index in [-0.39, 0.29) is 11.9 Å². The van der Waals surface area contributed by atoms with Crippen molar-refractivity contribution in [3.05, 3.63) is 24.3 Å². The first-order valence-electron chi connectivity index (χ1n) is 6.13. The summed E-state index contributed by atoms with van der Waals surface area (Å²) in [5.74, 6) is -0.195. The van der Waals surface area contributed by atoms with Gasteiger partial charge in [-0.3, -0.25) is 4.79 Å². The van der Waals surface area contributed by atoms with E-state index in [1.54, 1.807) is 24.3 Å². The number of rotatable bonds is 4. The van der Waals surface area contributed by atoms with Gasteiger partial charge in [0.25, 0.3) is 5.91 Å². The molecule has 0 radical (unpaired) electrons. The lowest BCUT2D eigenvalue weighted by molar-refractivity contribution is -0.118. The highest BCUT2D eigenvalue weighted by molar-refractivity contribution is 6.21. The summed E-state index contributed by atoms with van der Waals surface area (Å²) in [5.41, 5.74) is 6.72. The van der Waals surface area contributed by atoms with E-state index in [0.29, 0.717) is 17.8 Å². The Morgan fingerprint density at radius 1 is 1.39 bits per heavy atom. The van der Waals surface area contributed by atoms with E-state index in [1.165, 1.54) is 0 Å². The maximum atomic E-state index is 12.1. The maximum Gasteiger partial charge on any atom is 0.329 e. The lowest BCUT2D eigenvalue weighted by Crippen LogP contribution is -2.31. The molecule has 0 aliphatic carbocycles. The zero-order valence-electron chi connectivity index (χ0n) is 10.3. The lowest BCUT2D eigenvalue weighted by Gasteiger charge is -2.13. The van der Waals surface area contributed by atoms with E-state index in [1.807, 2.05) is 0 Å². The van der Waals surface area contributed by atoms with Crippen LogP contribution in [-0.4, -0.2) is 18.0 Å². The van der Waals surface area contributed by atoms with Crippen molar-refractivity contribution in [1.29, 1.82) is 0 Å². The summed E-state index contributed by atoms with van der Waals surface area (Å²) in [6.07, 6.45) is 2.60. The standard InChI is InChI=1S/C13H17N3O2/c1-2-3-7-11-12(17)16(13(18)15-11)10-6-4-5-9(14)8-10/h4-6,8,11H,2-3,7,14H2,1H3,(H,15,18)/t11-/m0/s1. The van der Waals surface area contributed by atoms with Gasteiger partial charge in [-0.15, -0.1) is 0 Å². The number of nitrogens with two attached hydrogens (primary N) is 1. The van der Waals surface area contributed by atoms with Gasteiger partial charge in [-0.05, 0) is 24.6 Å². The first-order valence-corrected chi connectivity index (χ1v) is 6.13. The topological polar surface area (TPSA) is 75.4 Å². The fourth-order valence-electron chi connectivity index (χ4n) is 2.04. The molecule has 3 amide bonds. The van der Waals surface area contributed by atoms with Crippen molar-refractivity contribution in [2.24, 2.45) is 0 Å². The molecule has 0 spiro atoms. The Kier molecular flexibility index (Phi) is 3.50. The Balaban J connectivity index is 2.19. The summed E-state index contributed by atoms with van der Waals surface area (Å²) < 4.78 is 0. The molecule has 1 aromatic rings. The zero-order valence-corrected chi connectivity index (χ0v) is 10.3. The van der Waals surface area contributed by atoms with Crippen molar-refractivity contribution in [2.45, 2.75) is 32.2 Å². The van der Waals surface area contributed by atoms with Gasteiger partial charge in [0.1, 0.15) is 6.04 Å². The Morgan fingerprint density at radius 2 is 2.17 bits per heavy atom. The molecule has 1 heterocycles. The molecule has 0 aromatic heterocycles. The quantitative estimate of drug-likeness (QED) is 0.630. The van der Waals surface area contributed by atoms with E-state index in [4.69, 9.17) is 5.73 Å². The van der Waals surface area contributed by atoms with Gasteiger partial charge in [0.05, 0.1) is 5.69 Å². The second-order valence-corrected chi connectivity index (χ2v) is 4.41. The Bertz CT molecular complexity index is 473. The molecule has 3 N–H and O–H groups in total. The van der Waals surface area contributed by atoms with Crippen LogP contribution >= 0.6 is 0 Å². The van der Waals surface area contributed by atoms with Gasteiger partial charge in [-0.1, -0.05) is 25.8 Å². The molecule has 5 heteroatoms. The number of hydrogen-bond acceptors (Lipinski definition) is 3. The summed E-state index contributed by atoms with van der Waals surface area (Å²) in [7, 11) is 0. The van der Waals surface area contributed by atoms with E-state index >= 15 is 0 Å². The van der Waals surface area contributed by atoms with Crippen LogP contribution in [0, 0.1) is 0 Å². The number of imide groups is 1. The number of urea groups is 1. The van der Waals surface area contributed by atoms with Crippen molar-refractivity contribution in [3.8, 4) is 0 Å². The van der Waals surface area contributed by atoms with Gasteiger partial charge in [-0.25, -0.2) is 9.69 Å². The number of anilines is 2. The van der Waals surface area contributed by atoms with Crippen molar-refractivity contribution in [3.63, 3.8) is 0 Å². The number of carbonyl (C=O) groups excluding carboxylic acids is 2. The molecule has 18 heavy (non-hydrogen) atoms. The molecule has 0 saturated carbocycles. The second kappa shape index (κ2) is 5.08. The molecule has 1 atom stereocenters. The Hall–Kier alpha value is -2.04. The van der Waals surface area contributed by atoms with Crippen molar-refractivity contribution < 1.29 is 9.59 Å². The molecule has 1 saturated heterocycles. The Labute approximate surface area is 106 Å². The number of nitrogens with zero attached hydrogens (tertiary/aromatic N) is 1. The summed E-state index contributed by atoms with van der Waals surface area (Å²) in [6, 6.07) is 6.00. The van der Waals surface area contributed by atoms with Crippen LogP contribution in [0.5, 0.6) is 0 Å². The van der Waals surface area contributed by atoms with E-state index in [2.05, 4.69) is 12.2 Å². The van der Waals surface area contributed by atoms with Crippen LogP contribution in [0.3, 0.4) is 0 Å². The molecule has 96 valence electrons. The largest absolute Gasteiger partial charge is 0.399 e. The predicted molar refractivity (Wildman–Crippen MR) is 70.2 cm³/mol. The summed E-state index contributed by atoms with van der Waals surface area (Å²) >= 11 is 0. The maximum absolute atomic E-state index is 12.1. The fourth-order valence-corrected chi connectivity index (χ4v) is 2.04. The molecule has 1 aliphatic heterocycles. The number of nitrogen functional groups attached to an aromatic ring is 1. The highest BCUT2D eigenvalue weighted by Gasteiger charge is 2.38. The minimum absolute atomic E-state index is 0.195. The summed E-state index contributed by atoms with van der Waals surface area (Å²) in [5, 5.41) is 2.70. The smallest absolute Gasteiger partial charge is 0.329 e. The number of carbonyl (C=O) groups is 2. The number of nitrogens with one attached hydrogen (secondary N) is 1. The van der Waals surface area contributed by atoms with Crippen LogP contribution < -0.4 is 16.0 Å². The summed E-state index contributed by atoms with van der Waals surface area (Å²) in [4.78, 5) is 25.1. The fraction of sp³-hybridized carbons (Fsp3) is 0.385. The first kappa shape index (κ1) is 12.4. The van der Waals surface area contributed by atoms with E-state index in [9.17, 15) is 9.59 Å². The van der Waals surface area contributed by atoms with Gasteiger partial charge in [0, 0.05) is 5.69 Å². The SMILES string of the molecule is CCCC[C@@H]1NC(=O)N(c2cccc(N)c2)C1=O. The molecule has 2 rings (SSSR count). The molecule has 5 nitrogen and oxygen atoms in total. The minimum atomic E-state index is -0.404. The summed E-state index contributed by atoms with van der Waals surface area (Å²) in [6.45, 7) is 2.05. The third-order valence-electron chi connectivity index (χ3n) is 2.99. The van der Waals surface area contributed by atoms with Gasteiger partial charge in [-0.2, -0.15) is 0 Å². The van der Waals surface area contributed by atoms with Crippen molar-refractivity contribution in [1.82, 2.24) is 5.32 Å². The number of amides is 3. The molecule has 0 unspecified atom stereocenters. The normalized spacial score (nSPS) is 19.2. The third-order valence-corrected chi connectivity index (χ3v) is 2.99. The van der Waals surface area contributed by atoms with Gasteiger partial charge < -0.3 is 11.1 Å². The number of benzene rings is 1. The average Bonchev–Trinajstić information content (AvgIpc) is 2.62. The zero-order chi connectivity index (χ0) is 13.1. The first-order chi connectivity index (χ1) is 8.63. The van der Waals surface area contributed by atoms with Crippen LogP contribution in [-0.2, 0) is 4.79 Å². The van der Waals surface area contributed by atoms with E-state index in [0.717, 1.165) is 17.7 Å². The Morgan fingerprint density at radius 3 is 2.83 bits per heavy atom. The molecule has 1 aliphatic rings. The average molecular weight is 247 g/mol. The number of hydrogen-bond donors (Lipinski definition) is 2. The molecule has 1 aromatic carbocycles. The number of unbranched alkanes of at least 4 members (excludes halogenated alkanes) is 1. The van der Waals surface area contributed by atoms with Crippen LogP contribution in [0.25, 0.3) is 0 Å². The van der Waals surface area contributed by atoms with Crippen LogP contribution in [0.1, 0.15) is 26.2 Å². The molecular formula is C13H17N3O2. The van der Waals surface area contributed by atoms with Gasteiger partial charge >= 0.3 is 6.03 Å². The van der Waals surface area contributed by atoms with E-state index < -0.39 is 6.04 Å². The van der Waals surface area contributed by atoms with Gasteiger partial charge in [0.2, 0.25) is 0 Å².